The fraction of sp³-hybridized carbons (Fsp3) is 0.154. The van der Waals surface area contributed by atoms with Crippen LogP contribution in [-0.2, 0) is 5.88 Å². The zero-order valence-electron chi connectivity index (χ0n) is 18.4. The number of nitrogens with two attached hydrogens (primary N) is 1. The number of fused-ring (bicyclic) bond motifs is 1. The molecule has 0 bridgehead atoms. The lowest BCUT2D eigenvalue weighted by atomic mass is 10.1. The monoisotopic (exact) mass is 454 g/mol. The summed E-state index contributed by atoms with van der Waals surface area (Å²) in [5.74, 6) is 1.93. The van der Waals surface area contributed by atoms with Crippen LogP contribution in [0.1, 0.15) is 31.0 Å². The van der Waals surface area contributed by atoms with E-state index in [1.165, 1.54) is 0 Å². The van der Waals surface area contributed by atoms with Gasteiger partial charge in [0, 0.05) is 35.2 Å². The first-order chi connectivity index (χ1) is 16.0. The number of imidazole rings is 1. The fourth-order valence-corrected chi connectivity index (χ4v) is 3.96. The van der Waals surface area contributed by atoms with Gasteiger partial charge in [0.1, 0.15) is 11.3 Å². The lowest BCUT2D eigenvalue weighted by molar-refractivity contribution is 0.823. The molecule has 0 atom stereocenters. The van der Waals surface area contributed by atoms with Crippen LogP contribution in [0.4, 0.5) is 5.82 Å². The third-order valence-corrected chi connectivity index (χ3v) is 5.92. The molecule has 0 radical (unpaired) electrons. The third-order valence-electron chi connectivity index (χ3n) is 5.61. The van der Waals surface area contributed by atoms with Gasteiger partial charge in [-0.2, -0.15) is 0 Å². The quantitative estimate of drug-likeness (QED) is 0.330. The maximum absolute atomic E-state index is 6.22. The first-order valence-electron chi connectivity index (χ1n) is 10.8. The summed E-state index contributed by atoms with van der Waals surface area (Å²) in [5, 5.41) is 0. The number of nitrogens with zero attached hydrogens (tertiary/aromatic N) is 5. The minimum absolute atomic E-state index is 0.374. The van der Waals surface area contributed by atoms with Gasteiger partial charge in [0.25, 0.3) is 0 Å². The molecule has 4 aromatic heterocycles. The second-order valence-electron chi connectivity index (χ2n) is 8.17. The number of hydrogen-bond acceptors (Lipinski definition) is 5. The second kappa shape index (κ2) is 8.64. The van der Waals surface area contributed by atoms with E-state index in [9.17, 15) is 0 Å². The molecule has 4 heterocycles. The molecule has 5 aromatic rings. The summed E-state index contributed by atoms with van der Waals surface area (Å²) in [4.78, 5) is 18.7. The van der Waals surface area contributed by atoms with E-state index < -0.39 is 0 Å². The van der Waals surface area contributed by atoms with Gasteiger partial charge < -0.3 is 5.73 Å². The molecular formula is C26H23ClN6. The van der Waals surface area contributed by atoms with Crippen LogP contribution < -0.4 is 5.73 Å². The van der Waals surface area contributed by atoms with E-state index in [0.717, 1.165) is 44.9 Å². The Bertz CT molecular complexity index is 1420. The molecule has 0 saturated carbocycles. The molecule has 0 unspecified atom stereocenters. The number of pyridine rings is 3. The highest BCUT2D eigenvalue weighted by molar-refractivity contribution is 6.17. The first-order valence-corrected chi connectivity index (χ1v) is 11.3. The summed E-state index contributed by atoms with van der Waals surface area (Å²) in [6, 6.07) is 19.9. The highest BCUT2D eigenvalue weighted by Gasteiger charge is 2.18. The van der Waals surface area contributed by atoms with Gasteiger partial charge in [-0.25, -0.2) is 15.0 Å². The van der Waals surface area contributed by atoms with Crippen LogP contribution >= 0.6 is 11.6 Å². The van der Waals surface area contributed by atoms with Gasteiger partial charge in [-0.3, -0.25) is 9.55 Å². The van der Waals surface area contributed by atoms with Crippen LogP contribution in [-0.4, -0.2) is 24.5 Å². The Morgan fingerprint density at radius 2 is 1.76 bits per heavy atom. The number of hydrogen-bond donors (Lipinski definition) is 1. The molecular weight excluding hydrogens is 432 g/mol. The van der Waals surface area contributed by atoms with E-state index >= 15 is 0 Å². The van der Waals surface area contributed by atoms with Crippen LogP contribution in [0.3, 0.4) is 0 Å². The van der Waals surface area contributed by atoms with Crippen molar-refractivity contribution in [2.24, 2.45) is 0 Å². The van der Waals surface area contributed by atoms with Gasteiger partial charge in [-0.05, 0) is 60.0 Å². The van der Waals surface area contributed by atoms with Crippen molar-refractivity contribution >= 4 is 28.6 Å². The Morgan fingerprint density at radius 1 is 0.939 bits per heavy atom. The topological polar surface area (TPSA) is 82.5 Å². The molecule has 0 fully saturated rings. The average molecular weight is 455 g/mol. The summed E-state index contributed by atoms with van der Waals surface area (Å²) in [5.41, 5.74) is 13.3. The summed E-state index contributed by atoms with van der Waals surface area (Å²) < 4.78 is 2.01. The first kappa shape index (κ1) is 21.1. The molecule has 0 saturated heterocycles. The number of anilines is 1. The molecule has 7 heteroatoms. The zero-order chi connectivity index (χ0) is 22.9. The molecule has 0 aliphatic heterocycles. The van der Waals surface area contributed by atoms with Crippen molar-refractivity contribution in [1.82, 2.24) is 24.5 Å². The van der Waals surface area contributed by atoms with Gasteiger partial charge in [0.05, 0.1) is 11.3 Å². The van der Waals surface area contributed by atoms with Gasteiger partial charge in [0.15, 0.2) is 11.5 Å². The number of nitrogen functional groups attached to an aromatic ring is 1. The summed E-state index contributed by atoms with van der Waals surface area (Å²) in [6.07, 6.45) is 3.55. The van der Waals surface area contributed by atoms with Crippen molar-refractivity contribution in [2.75, 3.05) is 5.73 Å². The summed E-state index contributed by atoms with van der Waals surface area (Å²) in [6.45, 7) is 4.26. The van der Waals surface area contributed by atoms with Crippen LogP contribution in [0.15, 0.2) is 73.1 Å². The van der Waals surface area contributed by atoms with Crippen molar-refractivity contribution in [3.63, 3.8) is 0 Å². The molecule has 5 rings (SSSR count). The van der Waals surface area contributed by atoms with Crippen molar-refractivity contribution in [3.8, 4) is 28.3 Å². The number of aromatic nitrogens is 5. The Hall–Kier alpha value is -3.77. The van der Waals surface area contributed by atoms with E-state index in [-0.39, 0.29) is 0 Å². The van der Waals surface area contributed by atoms with Gasteiger partial charge in [0.2, 0.25) is 0 Å². The van der Waals surface area contributed by atoms with Crippen molar-refractivity contribution < 1.29 is 0 Å². The third kappa shape index (κ3) is 3.94. The largest absolute Gasteiger partial charge is 0.383 e. The standard InChI is InChI=1S/C26H23ClN6/c1-16(2)21-10-7-18(15-30-21)22-11-12-23-26(31-22)33(19-8-5-17(14-27)6-9-19)25(32-23)20-4-3-13-29-24(20)28/h3-13,15-16H,14H2,1-2H3,(H2,28,29). The van der Waals surface area contributed by atoms with E-state index in [1.54, 1.807) is 6.20 Å². The Labute approximate surface area is 197 Å². The molecule has 1 aromatic carbocycles. The van der Waals surface area contributed by atoms with E-state index in [0.29, 0.717) is 23.4 Å². The maximum atomic E-state index is 6.22. The lowest BCUT2D eigenvalue weighted by Crippen LogP contribution is -2.02. The summed E-state index contributed by atoms with van der Waals surface area (Å²) in [7, 11) is 0. The van der Waals surface area contributed by atoms with Gasteiger partial charge in [-0.15, -0.1) is 11.6 Å². The molecule has 0 aliphatic rings. The number of rotatable bonds is 5. The average Bonchev–Trinajstić information content (AvgIpc) is 3.23. The molecule has 2 N–H and O–H groups in total. The van der Waals surface area contributed by atoms with Crippen LogP contribution in [0.2, 0.25) is 0 Å². The minimum Gasteiger partial charge on any atom is -0.383 e. The SMILES string of the molecule is CC(C)c1ccc(-c2ccc3nc(-c4cccnc4N)n(-c4ccc(CCl)cc4)c3n2)cn1. The Kier molecular flexibility index (Phi) is 5.52. The normalized spacial score (nSPS) is 11.4. The Balaban J connectivity index is 1.72. The predicted molar refractivity (Wildman–Crippen MR) is 133 cm³/mol. The van der Waals surface area contributed by atoms with Crippen LogP contribution in [0.25, 0.3) is 39.5 Å². The second-order valence-corrected chi connectivity index (χ2v) is 8.44. The molecule has 0 amide bonds. The van der Waals surface area contributed by atoms with E-state index in [4.69, 9.17) is 27.3 Å². The summed E-state index contributed by atoms with van der Waals surface area (Å²) >= 11 is 6.00. The number of alkyl halides is 1. The fourth-order valence-electron chi connectivity index (χ4n) is 3.78. The predicted octanol–water partition coefficient (Wildman–Crippen LogP) is 5.99. The smallest absolute Gasteiger partial charge is 0.165 e. The van der Waals surface area contributed by atoms with Crippen molar-refractivity contribution in [1.29, 1.82) is 0 Å². The minimum atomic E-state index is 0.374. The number of benzene rings is 1. The molecule has 0 aliphatic carbocycles. The van der Waals surface area contributed by atoms with Gasteiger partial charge >= 0.3 is 0 Å². The van der Waals surface area contributed by atoms with E-state index in [2.05, 4.69) is 35.9 Å². The van der Waals surface area contributed by atoms with Crippen LogP contribution in [0.5, 0.6) is 0 Å². The van der Waals surface area contributed by atoms with Gasteiger partial charge in [-0.1, -0.05) is 26.0 Å². The molecule has 6 nitrogen and oxygen atoms in total. The molecule has 0 spiro atoms. The highest BCUT2D eigenvalue weighted by atomic mass is 35.5. The Morgan fingerprint density at radius 3 is 2.42 bits per heavy atom. The van der Waals surface area contributed by atoms with Crippen LogP contribution in [0, 0.1) is 0 Å². The zero-order valence-corrected chi connectivity index (χ0v) is 19.2. The van der Waals surface area contributed by atoms with E-state index in [1.807, 2.05) is 59.3 Å². The van der Waals surface area contributed by atoms with Crippen molar-refractivity contribution in [2.45, 2.75) is 25.6 Å². The highest BCUT2D eigenvalue weighted by Crippen LogP contribution is 2.32. The maximum Gasteiger partial charge on any atom is 0.165 e. The molecule has 33 heavy (non-hydrogen) atoms. The molecule has 164 valence electrons. The van der Waals surface area contributed by atoms with Crippen molar-refractivity contribution in [3.05, 3.63) is 84.3 Å². The lowest BCUT2D eigenvalue weighted by Gasteiger charge is -2.11. The number of halogens is 1.